The Morgan fingerprint density at radius 2 is 1.74 bits per heavy atom. The molecule has 182 valence electrons. The third-order valence-electron chi connectivity index (χ3n) is 6.03. The summed E-state index contributed by atoms with van der Waals surface area (Å²) in [5.41, 5.74) is 1.52. The zero-order valence-electron chi connectivity index (χ0n) is 18.8. The Morgan fingerprint density at radius 3 is 2.44 bits per heavy atom. The predicted octanol–water partition coefficient (Wildman–Crippen LogP) is 3.70. The quantitative estimate of drug-likeness (QED) is 0.600. The highest BCUT2D eigenvalue weighted by molar-refractivity contribution is 8.00. The molecule has 0 aromatic heterocycles. The van der Waals surface area contributed by atoms with Gasteiger partial charge in [-0.05, 0) is 55.2 Å². The highest BCUT2D eigenvalue weighted by Crippen LogP contribution is 2.37. The van der Waals surface area contributed by atoms with Gasteiger partial charge in [0.05, 0.1) is 16.3 Å². The van der Waals surface area contributed by atoms with Crippen LogP contribution in [0.1, 0.15) is 31.2 Å². The van der Waals surface area contributed by atoms with Crippen molar-refractivity contribution in [2.24, 2.45) is 0 Å². The standard InChI is InChI=1S/C24H28ClN3O4S2/c25-19-7-5-18(6-8-19)11-12-26-23(29)16-28-21-15-20(9-10-22(21)33-17-24(28)30)34(31,32)27-13-3-1-2-4-14-27/h5-10,15H,1-4,11-14,16-17H2,(H,26,29). The van der Waals surface area contributed by atoms with Crippen LogP contribution >= 0.6 is 23.4 Å². The summed E-state index contributed by atoms with van der Waals surface area (Å²) in [4.78, 5) is 27.7. The van der Waals surface area contributed by atoms with Gasteiger partial charge in [-0.25, -0.2) is 8.42 Å². The Kier molecular flexibility index (Phi) is 8.18. The predicted molar refractivity (Wildman–Crippen MR) is 135 cm³/mol. The van der Waals surface area contributed by atoms with Crippen molar-refractivity contribution in [1.82, 2.24) is 9.62 Å². The second kappa shape index (κ2) is 11.1. The first-order chi connectivity index (χ1) is 16.3. The van der Waals surface area contributed by atoms with E-state index in [1.54, 1.807) is 30.3 Å². The molecule has 2 aliphatic heterocycles. The molecule has 2 amide bonds. The van der Waals surface area contributed by atoms with Crippen molar-refractivity contribution in [3.63, 3.8) is 0 Å². The number of hydrogen-bond acceptors (Lipinski definition) is 5. The van der Waals surface area contributed by atoms with Crippen LogP contribution in [0.25, 0.3) is 0 Å². The number of carbonyl (C=O) groups excluding carboxylic acids is 2. The first kappa shape index (κ1) is 25.0. The zero-order chi connectivity index (χ0) is 24.1. The molecule has 1 saturated heterocycles. The number of anilines is 1. The molecule has 0 saturated carbocycles. The van der Waals surface area contributed by atoms with Crippen LogP contribution in [0.3, 0.4) is 0 Å². The fourth-order valence-corrected chi connectivity index (χ4v) is 6.72. The minimum atomic E-state index is -3.66. The van der Waals surface area contributed by atoms with Crippen LogP contribution in [-0.4, -0.2) is 56.5 Å². The van der Waals surface area contributed by atoms with E-state index >= 15 is 0 Å². The second-order valence-corrected chi connectivity index (χ2v) is 11.8. The number of benzene rings is 2. The molecule has 2 heterocycles. The first-order valence-corrected chi connectivity index (χ1v) is 14.2. The van der Waals surface area contributed by atoms with Gasteiger partial charge in [0.1, 0.15) is 6.54 Å². The lowest BCUT2D eigenvalue weighted by molar-refractivity contribution is -0.122. The number of nitrogens with one attached hydrogen (secondary N) is 1. The molecule has 0 bridgehead atoms. The maximum Gasteiger partial charge on any atom is 0.243 e. The number of sulfonamides is 1. The van der Waals surface area contributed by atoms with Gasteiger partial charge >= 0.3 is 0 Å². The van der Waals surface area contributed by atoms with E-state index < -0.39 is 10.0 Å². The van der Waals surface area contributed by atoms with Gasteiger partial charge in [0.15, 0.2) is 0 Å². The summed E-state index contributed by atoms with van der Waals surface area (Å²) < 4.78 is 28.1. The molecule has 0 unspecified atom stereocenters. The van der Waals surface area contributed by atoms with Gasteiger partial charge in [0, 0.05) is 29.6 Å². The van der Waals surface area contributed by atoms with Crippen molar-refractivity contribution < 1.29 is 18.0 Å². The molecule has 0 spiro atoms. The fraction of sp³-hybridized carbons (Fsp3) is 0.417. The van der Waals surface area contributed by atoms with E-state index in [4.69, 9.17) is 11.6 Å². The lowest BCUT2D eigenvalue weighted by Crippen LogP contribution is -2.43. The van der Waals surface area contributed by atoms with Crippen molar-refractivity contribution in [3.8, 4) is 0 Å². The summed E-state index contributed by atoms with van der Waals surface area (Å²) in [6.07, 6.45) is 4.40. The maximum atomic E-state index is 13.3. The number of amides is 2. The smallest absolute Gasteiger partial charge is 0.243 e. The van der Waals surface area contributed by atoms with Crippen LogP contribution in [0.2, 0.25) is 5.02 Å². The minimum absolute atomic E-state index is 0.153. The van der Waals surface area contributed by atoms with Gasteiger partial charge in [0.2, 0.25) is 21.8 Å². The van der Waals surface area contributed by atoms with E-state index in [1.807, 2.05) is 12.1 Å². The van der Waals surface area contributed by atoms with Gasteiger partial charge in [-0.1, -0.05) is 36.6 Å². The van der Waals surface area contributed by atoms with E-state index in [0.29, 0.717) is 36.8 Å². The summed E-state index contributed by atoms with van der Waals surface area (Å²) >= 11 is 7.26. The van der Waals surface area contributed by atoms with Gasteiger partial charge in [-0.3, -0.25) is 9.59 Å². The van der Waals surface area contributed by atoms with Crippen LogP contribution in [0.4, 0.5) is 5.69 Å². The largest absolute Gasteiger partial charge is 0.354 e. The van der Waals surface area contributed by atoms with Crippen LogP contribution < -0.4 is 10.2 Å². The van der Waals surface area contributed by atoms with Crippen LogP contribution in [0, 0.1) is 0 Å². The third kappa shape index (κ3) is 5.94. The van der Waals surface area contributed by atoms with E-state index in [2.05, 4.69) is 5.32 Å². The Morgan fingerprint density at radius 1 is 1.03 bits per heavy atom. The molecule has 34 heavy (non-hydrogen) atoms. The molecule has 0 radical (unpaired) electrons. The van der Waals surface area contributed by atoms with Gasteiger partial charge < -0.3 is 10.2 Å². The summed E-state index contributed by atoms with van der Waals surface area (Å²) in [5, 5.41) is 3.51. The average molecular weight is 522 g/mol. The monoisotopic (exact) mass is 521 g/mol. The molecule has 2 aliphatic rings. The highest BCUT2D eigenvalue weighted by atomic mass is 35.5. The molecule has 4 rings (SSSR count). The lowest BCUT2D eigenvalue weighted by Gasteiger charge is -2.29. The molecule has 0 aliphatic carbocycles. The molecule has 10 heteroatoms. The normalized spacial score (nSPS) is 17.2. The van der Waals surface area contributed by atoms with E-state index in [1.165, 1.54) is 21.0 Å². The summed E-state index contributed by atoms with van der Waals surface area (Å²) in [6.45, 7) is 1.29. The Hall–Kier alpha value is -2.07. The minimum Gasteiger partial charge on any atom is -0.354 e. The Bertz CT molecular complexity index is 1150. The number of rotatable bonds is 7. The molecule has 1 N–H and O–H groups in total. The van der Waals surface area contributed by atoms with Crippen LogP contribution in [0.5, 0.6) is 0 Å². The van der Waals surface area contributed by atoms with E-state index in [-0.39, 0.29) is 29.0 Å². The Balaban J connectivity index is 1.46. The van der Waals surface area contributed by atoms with Crippen molar-refractivity contribution in [2.75, 3.05) is 36.8 Å². The van der Waals surface area contributed by atoms with Gasteiger partial charge in [-0.15, -0.1) is 11.8 Å². The maximum absolute atomic E-state index is 13.3. The molecule has 1 fully saturated rings. The third-order valence-corrected chi connectivity index (χ3v) is 9.22. The molecule has 0 atom stereocenters. The molecular weight excluding hydrogens is 494 g/mol. The molecule has 7 nitrogen and oxygen atoms in total. The number of thioether (sulfide) groups is 1. The van der Waals surface area contributed by atoms with Crippen LogP contribution in [-0.2, 0) is 26.0 Å². The van der Waals surface area contributed by atoms with Gasteiger partial charge in [-0.2, -0.15) is 4.31 Å². The van der Waals surface area contributed by atoms with Crippen molar-refractivity contribution in [3.05, 3.63) is 53.1 Å². The topological polar surface area (TPSA) is 86.8 Å². The van der Waals surface area contributed by atoms with E-state index in [9.17, 15) is 18.0 Å². The first-order valence-electron chi connectivity index (χ1n) is 11.4. The lowest BCUT2D eigenvalue weighted by atomic mass is 10.1. The molecule has 2 aromatic rings. The number of nitrogens with zero attached hydrogens (tertiary/aromatic N) is 2. The zero-order valence-corrected chi connectivity index (χ0v) is 21.2. The van der Waals surface area contributed by atoms with Crippen molar-refractivity contribution >= 4 is 50.9 Å². The number of carbonyl (C=O) groups is 2. The Labute approximate surface area is 209 Å². The molecule has 2 aromatic carbocycles. The number of halogens is 1. The SMILES string of the molecule is O=C(CN1C(=O)CSc2ccc(S(=O)(=O)N3CCCCCC3)cc21)NCCc1ccc(Cl)cc1. The fourth-order valence-electron chi connectivity index (χ4n) is 4.14. The highest BCUT2D eigenvalue weighted by Gasteiger charge is 2.31. The number of hydrogen-bond donors (Lipinski definition) is 1. The summed E-state index contributed by atoms with van der Waals surface area (Å²) in [6, 6.07) is 12.3. The van der Waals surface area contributed by atoms with Gasteiger partial charge in [0.25, 0.3) is 0 Å². The average Bonchev–Trinajstić information content (AvgIpc) is 3.12. The second-order valence-electron chi connectivity index (χ2n) is 8.44. The summed E-state index contributed by atoms with van der Waals surface area (Å²) in [5.74, 6) is -0.292. The molecular formula is C24H28ClN3O4S2. The summed E-state index contributed by atoms with van der Waals surface area (Å²) in [7, 11) is -3.66. The number of fused-ring (bicyclic) bond motifs is 1. The van der Waals surface area contributed by atoms with E-state index in [0.717, 1.165) is 36.1 Å². The van der Waals surface area contributed by atoms with Crippen LogP contribution in [0.15, 0.2) is 52.3 Å². The van der Waals surface area contributed by atoms with Crippen molar-refractivity contribution in [2.45, 2.75) is 41.9 Å². The van der Waals surface area contributed by atoms with Crippen molar-refractivity contribution in [1.29, 1.82) is 0 Å².